The maximum Gasteiger partial charge on any atom is 0.433 e. The zero-order valence-electron chi connectivity index (χ0n) is 19.8. The van der Waals surface area contributed by atoms with E-state index in [1.165, 1.54) is 15.1 Å². The van der Waals surface area contributed by atoms with Crippen LogP contribution in [0.15, 0.2) is 89.1 Å². The molecule has 0 saturated carbocycles. The molecule has 0 bridgehead atoms. The Bertz CT molecular complexity index is 1710. The first kappa shape index (κ1) is 25.2. The molecule has 3 aromatic heterocycles. The number of benzene rings is 2. The van der Waals surface area contributed by atoms with Crippen molar-refractivity contribution < 1.29 is 18.4 Å². The van der Waals surface area contributed by atoms with Gasteiger partial charge < -0.3 is 5.21 Å². The third kappa shape index (κ3) is 4.78. The van der Waals surface area contributed by atoms with Crippen LogP contribution in [0.2, 0.25) is 5.02 Å². The average molecular weight is 538 g/mol. The van der Waals surface area contributed by atoms with Crippen LogP contribution >= 0.6 is 11.6 Å². The monoisotopic (exact) mass is 537 g/mol. The first-order valence-corrected chi connectivity index (χ1v) is 11.7. The van der Waals surface area contributed by atoms with Gasteiger partial charge >= 0.3 is 11.9 Å². The van der Waals surface area contributed by atoms with Crippen LogP contribution in [0.4, 0.5) is 13.2 Å². The number of alkyl halides is 3. The lowest BCUT2D eigenvalue weighted by Crippen LogP contribution is -2.21. The number of rotatable bonds is 5. The normalized spacial score (nSPS) is 12.3. The summed E-state index contributed by atoms with van der Waals surface area (Å²) in [5.74, 6) is 0. The van der Waals surface area contributed by atoms with Crippen molar-refractivity contribution in [3.8, 4) is 22.3 Å². The maximum absolute atomic E-state index is 13.2. The van der Waals surface area contributed by atoms with Gasteiger partial charge in [0.1, 0.15) is 5.69 Å². The van der Waals surface area contributed by atoms with E-state index in [4.69, 9.17) is 16.8 Å². The molecule has 3 heterocycles. The highest BCUT2D eigenvalue weighted by atomic mass is 35.5. The summed E-state index contributed by atoms with van der Waals surface area (Å²) in [6.45, 7) is 1.61. The molecular weight excluding hydrogens is 519 g/mol. The van der Waals surface area contributed by atoms with E-state index in [9.17, 15) is 18.0 Å². The zero-order chi connectivity index (χ0) is 27.0. The quantitative estimate of drug-likeness (QED) is 0.166. The number of nitrogens with zero attached hydrogens (tertiary/aromatic N) is 5. The van der Waals surface area contributed by atoms with Crippen molar-refractivity contribution in [3.05, 3.63) is 111 Å². The van der Waals surface area contributed by atoms with Crippen LogP contribution in [-0.4, -0.2) is 30.1 Å². The number of oxime groups is 1. The van der Waals surface area contributed by atoms with Crippen LogP contribution < -0.4 is 5.69 Å². The van der Waals surface area contributed by atoms with E-state index in [1.54, 1.807) is 43.5 Å². The molecule has 0 radical (unpaired) electrons. The molecule has 11 heteroatoms. The Morgan fingerprint density at radius 3 is 2.29 bits per heavy atom. The van der Waals surface area contributed by atoms with Crippen LogP contribution in [0.5, 0.6) is 0 Å². The summed E-state index contributed by atoms with van der Waals surface area (Å²) in [5.41, 5.74) is 3.51. The topological polar surface area (TPSA) is 84.8 Å². The van der Waals surface area contributed by atoms with Crippen LogP contribution in [-0.2, 0) is 12.7 Å². The fourth-order valence-corrected chi connectivity index (χ4v) is 4.26. The number of fused-ring (bicyclic) bond motifs is 1. The van der Waals surface area contributed by atoms with Gasteiger partial charge in [-0.25, -0.2) is 13.9 Å². The average Bonchev–Trinajstić information content (AvgIpc) is 3.23. The van der Waals surface area contributed by atoms with Gasteiger partial charge in [0.25, 0.3) is 0 Å². The summed E-state index contributed by atoms with van der Waals surface area (Å²) in [6.07, 6.45) is -1.86. The van der Waals surface area contributed by atoms with E-state index in [0.29, 0.717) is 33.1 Å². The Hall–Kier alpha value is -4.44. The summed E-state index contributed by atoms with van der Waals surface area (Å²) in [5, 5.41) is 17.5. The minimum Gasteiger partial charge on any atom is -0.411 e. The molecule has 0 spiro atoms. The van der Waals surface area contributed by atoms with Gasteiger partial charge in [-0.05, 0) is 59.0 Å². The SMILES string of the molecule is CC(=NO)c1ccc(-c2c(-c3ccc(Cl)cc3)ccn3c(=O)n(Cc4ccc(C(F)(F)F)nc4)nc23)cc1. The predicted octanol–water partition coefficient (Wildman–Crippen LogP) is 6.14. The zero-order valence-corrected chi connectivity index (χ0v) is 20.6. The van der Waals surface area contributed by atoms with Gasteiger partial charge in [0, 0.05) is 23.0 Å². The van der Waals surface area contributed by atoms with Gasteiger partial charge in [-0.2, -0.15) is 13.2 Å². The third-order valence-corrected chi connectivity index (χ3v) is 6.35. The van der Waals surface area contributed by atoms with Gasteiger partial charge in [0.15, 0.2) is 5.65 Å². The van der Waals surface area contributed by atoms with E-state index in [-0.39, 0.29) is 6.54 Å². The van der Waals surface area contributed by atoms with Gasteiger partial charge in [0.05, 0.1) is 12.3 Å². The number of halogens is 4. The van der Waals surface area contributed by atoms with Gasteiger partial charge in [-0.1, -0.05) is 59.2 Å². The van der Waals surface area contributed by atoms with Gasteiger partial charge in [-0.3, -0.25) is 4.98 Å². The Labute approximate surface area is 219 Å². The van der Waals surface area contributed by atoms with Crippen LogP contribution in [0, 0.1) is 0 Å². The first-order valence-electron chi connectivity index (χ1n) is 11.4. The van der Waals surface area contributed by atoms with Crippen LogP contribution in [0.25, 0.3) is 27.9 Å². The summed E-state index contributed by atoms with van der Waals surface area (Å²) in [6, 6.07) is 18.4. The van der Waals surface area contributed by atoms with Crippen LogP contribution in [0.1, 0.15) is 23.7 Å². The molecule has 0 fully saturated rings. The lowest BCUT2D eigenvalue weighted by Gasteiger charge is -2.12. The molecule has 1 N–H and O–H groups in total. The molecule has 192 valence electrons. The van der Waals surface area contributed by atoms with Crippen LogP contribution in [0.3, 0.4) is 0 Å². The molecule has 0 saturated heterocycles. The molecule has 0 aliphatic carbocycles. The lowest BCUT2D eigenvalue weighted by atomic mass is 9.95. The Balaban J connectivity index is 1.66. The minimum absolute atomic E-state index is 0.0630. The second kappa shape index (κ2) is 9.79. The lowest BCUT2D eigenvalue weighted by molar-refractivity contribution is -0.141. The van der Waals surface area contributed by atoms with E-state index in [2.05, 4.69) is 15.2 Å². The second-order valence-corrected chi connectivity index (χ2v) is 8.99. The number of hydrogen-bond donors (Lipinski definition) is 1. The minimum atomic E-state index is -4.55. The first-order chi connectivity index (χ1) is 18.2. The number of aromatic nitrogens is 4. The molecule has 2 aromatic carbocycles. The highest BCUT2D eigenvalue weighted by molar-refractivity contribution is 6.30. The molecule has 0 aliphatic heterocycles. The summed E-state index contributed by atoms with van der Waals surface area (Å²) < 4.78 is 41.2. The maximum atomic E-state index is 13.2. The summed E-state index contributed by atoms with van der Waals surface area (Å²) in [4.78, 5) is 16.7. The molecule has 0 aliphatic rings. The van der Waals surface area contributed by atoms with Crippen molar-refractivity contribution in [2.75, 3.05) is 0 Å². The van der Waals surface area contributed by atoms with Gasteiger partial charge in [0.2, 0.25) is 0 Å². The molecule has 38 heavy (non-hydrogen) atoms. The van der Waals surface area contributed by atoms with Crippen molar-refractivity contribution >= 4 is 23.0 Å². The highest BCUT2D eigenvalue weighted by Gasteiger charge is 2.32. The molecule has 7 nitrogen and oxygen atoms in total. The molecule has 0 unspecified atom stereocenters. The summed E-state index contributed by atoms with van der Waals surface area (Å²) >= 11 is 6.09. The van der Waals surface area contributed by atoms with E-state index < -0.39 is 17.6 Å². The second-order valence-electron chi connectivity index (χ2n) is 8.56. The standard InChI is InChI=1S/C27H19ClF3N5O2/c1-16(34-38)18-3-5-20(6-4-18)24-22(19-7-9-21(28)10-8-19)12-13-35-25(24)33-36(26(35)37)15-17-2-11-23(32-14-17)27(29,30)31/h2-14,38H,15H2,1H3. The third-order valence-electron chi connectivity index (χ3n) is 6.10. The highest BCUT2D eigenvalue weighted by Crippen LogP contribution is 2.35. The van der Waals surface area contributed by atoms with E-state index in [0.717, 1.165) is 29.0 Å². The molecular formula is C27H19ClF3N5O2. The fraction of sp³-hybridized carbons (Fsp3) is 0.111. The summed E-state index contributed by atoms with van der Waals surface area (Å²) in [7, 11) is 0. The van der Waals surface area contributed by atoms with Crippen molar-refractivity contribution in [3.63, 3.8) is 0 Å². The van der Waals surface area contributed by atoms with E-state index >= 15 is 0 Å². The Morgan fingerprint density at radius 2 is 1.68 bits per heavy atom. The van der Waals surface area contributed by atoms with Crippen molar-refractivity contribution in [2.24, 2.45) is 5.16 Å². The Kier molecular flexibility index (Phi) is 6.50. The molecule has 5 rings (SSSR count). The fourth-order valence-electron chi connectivity index (χ4n) is 4.13. The number of hydrogen-bond acceptors (Lipinski definition) is 5. The van der Waals surface area contributed by atoms with Crippen molar-refractivity contribution in [2.45, 2.75) is 19.6 Å². The van der Waals surface area contributed by atoms with E-state index in [1.807, 2.05) is 24.3 Å². The van der Waals surface area contributed by atoms with Crippen molar-refractivity contribution in [1.82, 2.24) is 19.2 Å². The molecule has 5 aromatic rings. The molecule has 0 atom stereocenters. The Morgan fingerprint density at radius 1 is 1.00 bits per heavy atom. The van der Waals surface area contributed by atoms with Gasteiger partial charge in [-0.15, -0.1) is 5.10 Å². The largest absolute Gasteiger partial charge is 0.433 e. The van der Waals surface area contributed by atoms with Crippen molar-refractivity contribution in [1.29, 1.82) is 0 Å². The predicted molar refractivity (Wildman–Crippen MR) is 138 cm³/mol. The molecule has 0 amide bonds. The number of pyridine rings is 2. The smallest absolute Gasteiger partial charge is 0.411 e.